The van der Waals surface area contributed by atoms with Gasteiger partial charge in [-0.2, -0.15) is 0 Å². The fourth-order valence-electron chi connectivity index (χ4n) is 2.93. The fourth-order valence-corrected chi connectivity index (χ4v) is 3.38. The van der Waals surface area contributed by atoms with Gasteiger partial charge in [-0.05, 0) is 18.6 Å². The molecule has 0 spiro atoms. The molecule has 2 rings (SSSR count). The Hall–Kier alpha value is -0.200. The monoisotopic (exact) mass is 428 g/mol. The van der Waals surface area contributed by atoms with Crippen molar-refractivity contribution in [1.82, 2.24) is 10.2 Å². The first-order valence-electron chi connectivity index (χ1n) is 7.68. The van der Waals surface area contributed by atoms with Crippen LogP contribution >= 0.6 is 40.7 Å². The molecular weight excluding hydrogens is 403 g/mol. The number of nitrogens with one attached hydrogen (secondary N) is 1. The average molecular weight is 430 g/mol. The average Bonchev–Trinajstić information content (AvgIpc) is 2.51. The largest absolute Gasteiger partial charge is 0.504 e. The first-order chi connectivity index (χ1) is 10.2. The number of halogens is 3. The Morgan fingerprint density at radius 1 is 1.30 bits per heavy atom. The van der Waals surface area contributed by atoms with Crippen LogP contribution in [-0.4, -0.2) is 43.3 Å². The molecule has 1 aliphatic heterocycles. The maximum Gasteiger partial charge on any atom is 0.162 e. The van der Waals surface area contributed by atoms with E-state index < -0.39 is 0 Å². The number of nitrogens with zero attached hydrogens (tertiary/aromatic N) is 1. The second kappa shape index (κ2) is 11.4. The van der Waals surface area contributed by atoms with Crippen LogP contribution < -0.4 is 10.1 Å². The summed E-state index contributed by atoms with van der Waals surface area (Å²) in [6.07, 6.45) is 3.38. The number of phenols is 1. The number of methoxy groups -OCH3 is 1. The number of rotatable bonds is 6. The molecule has 0 bridgehead atoms. The Balaban J connectivity index is 0.00000242. The molecule has 2 N–H and O–H groups in total. The third kappa shape index (κ3) is 5.98. The molecule has 23 heavy (non-hydrogen) atoms. The highest BCUT2D eigenvalue weighted by Gasteiger charge is 2.25. The van der Waals surface area contributed by atoms with Crippen LogP contribution in [0.3, 0.4) is 0 Å². The Morgan fingerprint density at radius 3 is 2.52 bits per heavy atom. The number of unbranched alkanes of at least 4 members (excludes halogenated alkanes) is 1. The third-order valence-corrected chi connectivity index (χ3v) is 4.53. The van der Waals surface area contributed by atoms with Crippen LogP contribution in [0, 0.1) is 0 Å². The number of piperazine rings is 1. The molecule has 1 aromatic rings. The molecule has 0 unspecified atom stereocenters. The van der Waals surface area contributed by atoms with Gasteiger partial charge in [-0.1, -0.05) is 35.7 Å². The van der Waals surface area contributed by atoms with Crippen molar-refractivity contribution in [3.05, 3.63) is 22.2 Å². The van der Waals surface area contributed by atoms with Gasteiger partial charge < -0.3 is 15.2 Å². The molecule has 1 aliphatic rings. The number of ether oxygens (including phenoxy) is 1. The molecular formula is C16H27BrCl2N2O2. The molecule has 0 amide bonds. The van der Waals surface area contributed by atoms with Crippen molar-refractivity contribution in [2.24, 2.45) is 0 Å². The summed E-state index contributed by atoms with van der Waals surface area (Å²) in [5.74, 6) is 0.816. The summed E-state index contributed by atoms with van der Waals surface area (Å²) in [6.45, 7) is 6.25. The Labute approximate surface area is 159 Å². The van der Waals surface area contributed by atoms with Gasteiger partial charge in [0.25, 0.3) is 0 Å². The molecule has 1 atom stereocenters. The lowest BCUT2D eigenvalue weighted by atomic mass is 9.97. The number of benzene rings is 1. The van der Waals surface area contributed by atoms with Crippen molar-refractivity contribution in [1.29, 1.82) is 0 Å². The lowest BCUT2D eigenvalue weighted by Crippen LogP contribution is -2.45. The minimum atomic E-state index is 0. The van der Waals surface area contributed by atoms with Crippen LogP contribution in [0.5, 0.6) is 11.5 Å². The van der Waals surface area contributed by atoms with Gasteiger partial charge in [0.15, 0.2) is 11.5 Å². The van der Waals surface area contributed by atoms with Crippen molar-refractivity contribution in [2.75, 3.05) is 33.3 Å². The molecule has 0 aliphatic carbocycles. The zero-order chi connectivity index (χ0) is 15.2. The van der Waals surface area contributed by atoms with Gasteiger partial charge in [-0.3, -0.25) is 4.90 Å². The Kier molecular flexibility index (Phi) is 11.3. The first kappa shape index (κ1) is 22.8. The standard InChI is InChI=1S/C16H25BrN2O2.2ClH/c1-3-4-5-14(19-8-6-18-7-9-19)13-10-12(17)11-15(21-2)16(13)20;;/h10-11,14,18,20H,3-9H2,1-2H3;2*1H/t14-;;/m0../s1. The van der Waals surface area contributed by atoms with E-state index in [0.717, 1.165) is 55.5 Å². The summed E-state index contributed by atoms with van der Waals surface area (Å²) in [5.41, 5.74) is 0.969. The van der Waals surface area contributed by atoms with Gasteiger partial charge in [0, 0.05) is 42.3 Å². The van der Waals surface area contributed by atoms with E-state index in [-0.39, 0.29) is 36.6 Å². The van der Waals surface area contributed by atoms with Gasteiger partial charge in [-0.25, -0.2) is 0 Å². The predicted octanol–water partition coefficient (Wildman–Crippen LogP) is 4.14. The van der Waals surface area contributed by atoms with Crippen molar-refractivity contribution in [3.63, 3.8) is 0 Å². The molecule has 0 saturated carbocycles. The summed E-state index contributed by atoms with van der Waals surface area (Å²) in [6, 6.07) is 4.09. The van der Waals surface area contributed by atoms with Crippen LogP contribution in [0.15, 0.2) is 16.6 Å². The maximum absolute atomic E-state index is 10.5. The van der Waals surface area contributed by atoms with Crippen molar-refractivity contribution in [3.8, 4) is 11.5 Å². The lowest BCUT2D eigenvalue weighted by Gasteiger charge is -2.35. The van der Waals surface area contributed by atoms with Gasteiger partial charge in [-0.15, -0.1) is 24.8 Å². The molecule has 1 heterocycles. The number of hydrogen-bond donors (Lipinski definition) is 2. The lowest BCUT2D eigenvalue weighted by molar-refractivity contribution is 0.160. The van der Waals surface area contributed by atoms with Crippen LogP contribution in [0.2, 0.25) is 0 Å². The van der Waals surface area contributed by atoms with Crippen molar-refractivity contribution < 1.29 is 9.84 Å². The van der Waals surface area contributed by atoms with Gasteiger partial charge in [0.05, 0.1) is 7.11 Å². The second-order valence-corrected chi connectivity index (χ2v) is 6.41. The third-order valence-electron chi connectivity index (χ3n) is 4.07. The molecule has 134 valence electrons. The van der Waals surface area contributed by atoms with E-state index >= 15 is 0 Å². The summed E-state index contributed by atoms with van der Waals surface area (Å²) in [5, 5.41) is 13.9. The number of hydrogen-bond acceptors (Lipinski definition) is 4. The van der Waals surface area contributed by atoms with E-state index in [1.165, 1.54) is 0 Å². The summed E-state index contributed by atoms with van der Waals surface area (Å²) in [4.78, 5) is 2.47. The van der Waals surface area contributed by atoms with E-state index in [9.17, 15) is 5.11 Å². The van der Waals surface area contributed by atoms with Crippen LogP contribution in [0.4, 0.5) is 0 Å². The number of phenolic OH excluding ortho intramolecular Hbond substituents is 1. The fraction of sp³-hybridized carbons (Fsp3) is 0.625. The zero-order valence-corrected chi connectivity index (χ0v) is 16.9. The SMILES string of the molecule is CCCC[C@@H](c1cc(Br)cc(OC)c1O)N1CCNCC1.Cl.Cl. The molecule has 1 saturated heterocycles. The molecule has 0 aromatic heterocycles. The first-order valence-corrected chi connectivity index (χ1v) is 8.47. The van der Waals surface area contributed by atoms with E-state index in [1.54, 1.807) is 7.11 Å². The smallest absolute Gasteiger partial charge is 0.162 e. The highest BCUT2D eigenvalue weighted by atomic mass is 79.9. The predicted molar refractivity (Wildman–Crippen MR) is 104 cm³/mol. The quantitative estimate of drug-likeness (QED) is 0.712. The van der Waals surface area contributed by atoms with Gasteiger partial charge >= 0.3 is 0 Å². The number of aromatic hydroxyl groups is 1. The summed E-state index contributed by atoms with van der Waals surface area (Å²) in [7, 11) is 1.59. The zero-order valence-electron chi connectivity index (χ0n) is 13.7. The van der Waals surface area contributed by atoms with Crippen LogP contribution in [0.25, 0.3) is 0 Å². The highest BCUT2D eigenvalue weighted by Crippen LogP contribution is 2.40. The van der Waals surface area contributed by atoms with Gasteiger partial charge in [0.2, 0.25) is 0 Å². The van der Waals surface area contributed by atoms with Crippen LogP contribution in [0.1, 0.15) is 37.8 Å². The molecule has 1 aromatic carbocycles. The topological polar surface area (TPSA) is 44.7 Å². The summed E-state index contributed by atoms with van der Waals surface area (Å²) >= 11 is 3.53. The molecule has 7 heteroatoms. The van der Waals surface area contributed by atoms with Crippen molar-refractivity contribution >= 4 is 40.7 Å². The van der Waals surface area contributed by atoms with Crippen molar-refractivity contribution in [2.45, 2.75) is 32.2 Å². The molecule has 4 nitrogen and oxygen atoms in total. The molecule has 0 radical (unpaired) electrons. The van der Waals surface area contributed by atoms with E-state index in [2.05, 4.69) is 33.1 Å². The second-order valence-electron chi connectivity index (χ2n) is 5.49. The minimum Gasteiger partial charge on any atom is -0.504 e. The maximum atomic E-state index is 10.5. The van der Waals surface area contributed by atoms with E-state index in [4.69, 9.17) is 4.74 Å². The normalized spacial score (nSPS) is 16.1. The summed E-state index contributed by atoms with van der Waals surface area (Å²) < 4.78 is 6.25. The van der Waals surface area contributed by atoms with E-state index in [1.807, 2.05) is 12.1 Å². The Morgan fingerprint density at radius 2 is 1.96 bits per heavy atom. The molecule has 1 fully saturated rings. The minimum absolute atomic E-state index is 0. The van der Waals surface area contributed by atoms with E-state index in [0.29, 0.717) is 5.75 Å². The van der Waals surface area contributed by atoms with Gasteiger partial charge in [0.1, 0.15) is 0 Å². The highest BCUT2D eigenvalue weighted by molar-refractivity contribution is 9.10. The van der Waals surface area contributed by atoms with Crippen LogP contribution in [-0.2, 0) is 0 Å². The Bertz CT molecular complexity index is 472.